The van der Waals surface area contributed by atoms with Gasteiger partial charge in [0.15, 0.2) is 0 Å². The Labute approximate surface area is 658 Å². The fraction of sp³-hybridized carbons (Fsp3) is 0.167. The lowest BCUT2D eigenvalue weighted by molar-refractivity contribution is 0.257. The average Bonchev–Trinajstić information content (AvgIpc) is 1.58. The Kier molecular flexibility index (Phi) is 16.5. The third kappa shape index (κ3) is 11.5. The SMILES string of the molecule is CC1(C)CCC(C)(C)C2=C(n3c4ccc(CC5(C)CCC(C)(C)c6c(-n7c8ccccc8c8c(N(c9ccc(-c%10ccccc%10)cc9)c9ccc(-c%10ccccc%10)cc9)c9ccccc9cc87)cccc65)cc4c4c5ccccc5c(N(c5ccc(-c6ccccc6)cc5)c5ccccc5-c5ccccc5)cc43)CCC=C21. The average molecular weight is 1450 g/mol. The van der Waals surface area contributed by atoms with Crippen molar-refractivity contribution >= 4 is 105 Å². The van der Waals surface area contributed by atoms with Crippen LogP contribution in [0.25, 0.3) is 121 Å². The molecule has 4 heteroatoms. The molecule has 112 heavy (non-hydrogen) atoms. The topological polar surface area (TPSA) is 16.3 Å². The van der Waals surface area contributed by atoms with Crippen LogP contribution >= 0.6 is 0 Å². The second kappa shape index (κ2) is 26.9. The Morgan fingerprint density at radius 3 is 1.46 bits per heavy atom. The molecule has 1 atom stereocenters. The van der Waals surface area contributed by atoms with Gasteiger partial charge in [-0.2, -0.15) is 0 Å². The molecule has 15 aromatic carbocycles. The lowest BCUT2D eigenvalue weighted by atomic mass is 9.59. The maximum absolute atomic E-state index is 2.77. The van der Waals surface area contributed by atoms with Crippen LogP contribution in [0.1, 0.15) is 104 Å². The number of anilines is 6. The minimum absolute atomic E-state index is 0.0299. The molecular formula is C108H92N4. The van der Waals surface area contributed by atoms with Crippen molar-refractivity contribution < 1.29 is 0 Å². The fourth-order valence-corrected chi connectivity index (χ4v) is 20.0. The molecule has 0 bridgehead atoms. The molecule has 0 saturated heterocycles. The molecule has 0 spiro atoms. The largest absolute Gasteiger partial charge is 0.313 e. The van der Waals surface area contributed by atoms with E-state index in [1.807, 2.05) is 0 Å². The first-order chi connectivity index (χ1) is 54.7. The first-order valence-corrected chi connectivity index (χ1v) is 40.4. The number of benzene rings is 15. The summed E-state index contributed by atoms with van der Waals surface area (Å²) < 4.78 is 5.42. The van der Waals surface area contributed by atoms with E-state index in [-0.39, 0.29) is 21.7 Å². The summed E-state index contributed by atoms with van der Waals surface area (Å²) in [6, 6.07) is 128. The summed E-state index contributed by atoms with van der Waals surface area (Å²) in [5.74, 6) is 0. The third-order valence-corrected chi connectivity index (χ3v) is 25.7. The van der Waals surface area contributed by atoms with Crippen LogP contribution in [0.4, 0.5) is 34.1 Å². The Bertz CT molecular complexity index is 6510. The van der Waals surface area contributed by atoms with Crippen molar-refractivity contribution in [2.24, 2.45) is 10.8 Å². The zero-order chi connectivity index (χ0) is 75.6. The maximum atomic E-state index is 2.77. The molecule has 0 aliphatic heterocycles. The van der Waals surface area contributed by atoms with E-state index >= 15 is 0 Å². The fourth-order valence-electron chi connectivity index (χ4n) is 20.0. The summed E-state index contributed by atoms with van der Waals surface area (Å²) in [4.78, 5) is 5.10. The molecule has 0 N–H and O–H groups in total. The molecule has 0 radical (unpaired) electrons. The monoisotopic (exact) mass is 1440 g/mol. The van der Waals surface area contributed by atoms with Gasteiger partial charge in [-0.05, 0) is 223 Å². The minimum atomic E-state index is -0.221. The van der Waals surface area contributed by atoms with Gasteiger partial charge in [0.2, 0.25) is 0 Å². The standard InChI is InChI=1S/C108H92N4/c1-105(2)64-65-106(3,4)102-90(105)44-28-48-95(102)112-94-63-50-72(68-89(94)100-87-42-23-22-41-86(87)97(70-99(100)112)110(83-61-55-78(56-62-83)75-34-16-10-17-35-75)92-46-26-24-39-84(92)79-36-18-11-19-37-79)71-108(7)67-66-107(5,6)103-91(108)45-29-49-96(103)111-93-47-27-25-43-88(93)101-98(111)69-80-38-20-21-40-85(80)104(101)109(81-57-51-76(52-58-81)73-30-12-8-13-31-73)82-59-53-77(54-60-82)74-32-14-9-15-33-74/h8-27,29-47,49-63,68-70H,28,48,64-67,71H2,1-7H3. The molecule has 4 nitrogen and oxygen atoms in total. The molecular weight excluding hydrogens is 1350 g/mol. The number of allylic oxidation sites excluding steroid dienone is 4. The summed E-state index contributed by atoms with van der Waals surface area (Å²) >= 11 is 0. The van der Waals surface area contributed by atoms with E-state index in [9.17, 15) is 0 Å². The molecule has 3 aliphatic rings. The van der Waals surface area contributed by atoms with Crippen LogP contribution in [0.5, 0.6) is 0 Å². The smallest absolute Gasteiger partial charge is 0.0640 e. The summed E-state index contributed by atoms with van der Waals surface area (Å²) in [5, 5.41) is 9.94. The molecule has 1 saturated carbocycles. The normalized spacial score (nSPS) is 16.4. The van der Waals surface area contributed by atoms with Crippen molar-refractivity contribution in [2.75, 3.05) is 9.80 Å². The molecule has 544 valence electrons. The highest BCUT2D eigenvalue weighted by Crippen LogP contribution is 2.59. The Balaban J connectivity index is 0.778. The van der Waals surface area contributed by atoms with Crippen molar-refractivity contribution in [3.8, 4) is 50.2 Å². The van der Waals surface area contributed by atoms with Crippen LogP contribution in [-0.2, 0) is 17.3 Å². The lowest BCUT2D eigenvalue weighted by Gasteiger charge is -2.47. The molecule has 2 heterocycles. The van der Waals surface area contributed by atoms with E-state index in [2.05, 4.69) is 413 Å². The molecule has 1 fully saturated rings. The first kappa shape index (κ1) is 68.7. The molecule has 17 aromatic rings. The molecule has 0 amide bonds. The minimum Gasteiger partial charge on any atom is -0.313 e. The van der Waals surface area contributed by atoms with Gasteiger partial charge in [0, 0.05) is 60.6 Å². The second-order valence-electron chi connectivity index (χ2n) is 34.1. The van der Waals surface area contributed by atoms with Crippen LogP contribution in [0.3, 0.4) is 0 Å². The Morgan fingerprint density at radius 1 is 0.330 bits per heavy atom. The van der Waals surface area contributed by atoms with Crippen molar-refractivity contribution in [3.05, 3.63) is 374 Å². The van der Waals surface area contributed by atoms with Crippen molar-refractivity contribution in [1.29, 1.82) is 0 Å². The Hall–Kier alpha value is -12.5. The zero-order valence-electron chi connectivity index (χ0n) is 65.1. The van der Waals surface area contributed by atoms with Crippen LogP contribution in [-0.4, -0.2) is 9.13 Å². The van der Waals surface area contributed by atoms with E-state index in [4.69, 9.17) is 0 Å². The van der Waals surface area contributed by atoms with Gasteiger partial charge in [0.25, 0.3) is 0 Å². The summed E-state index contributed by atoms with van der Waals surface area (Å²) in [6.07, 6.45) is 9.85. The van der Waals surface area contributed by atoms with Gasteiger partial charge < -0.3 is 18.9 Å². The summed E-state index contributed by atoms with van der Waals surface area (Å²) in [5.41, 5.74) is 30.8. The van der Waals surface area contributed by atoms with E-state index in [1.54, 1.807) is 0 Å². The number of hydrogen-bond acceptors (Lipinski definition) is 2. The van der Waals surface area contributed by atoms with Crippen molar-refractivity contribution in [1.82, 2.24) is 9.13 Å². The molecule has 1 unspecified atom stereocenters. The molecule has 3 aliphatic carbocycles. The molecule has 2 aromatic heterocycles. The number of rotatable bonds is 14. The number of nitrogens with zero attached hydrogens (tertiary/aromatic N) is 4. The quantitative estimate of drug-likeness (QED) is 0.108. The highest BCUT2D eigenvalue weighted by molar-refractivity contribution is 6.26. The van der Waals surface area contributed by atoms with Gasteiger partial charge in [0.1, 0.15) is 0 Å². The predicted molar refractivity (Wildman–Crippen MR) is 477 cm³/mol. The van der Waals surface area contributed by atoms with Crippen LogP contribution in [0, 0.1) is 10.8 Å². The van der Waals surface area contributed by atoms with Gasteiger partial charge >= 0.3 is 0 Å². The number of fused-ring (bicyclic) bond motifs is 11. The van der Waals surface area contributed by atoms with Gasteiger partial charge in [-0.25, -0.2) is 0 Å². The van der Waals surface area contributed by atoms with Crippen molar-refractivity contribution in [3.63, 3.8) is 0 Å². The van der Waals surface area contributed by atoms with E-state index in [0.717, 1.165) is 67.0 Å². The van der Waals surface area contributed by atoms with E-state index in [1.165, 1.54) is 161 Å². The maximum Gasteiger partial charge on any atom is 0.0640 e. The predicted octanol–water partition coefficient (Wildman–Crippen LogP) is 30.2. The van der Waals surface area contributed by atoms with Crippen LogP contribution < -0.4 is 9.80 Å². The Morgan fingerprint density at radius 2 is 0.830 bits per heavy atom. The second-order valence-corrected chi connectivity index (χ2v) is 34.1. The number of hydrogen-bond donors (Lipinski definition) is 0. The highest BCUT2D eigenvalue weighted by atomic mass is 15.2. The van der Waals surface area contributed by atoms with Crippen LogP contribution in [0.2, 0.25) is 0 Å². The van der Waals surface area contributed by atoms with Gasteiger partial charge in [-0.15, -0.1) is 0 Å². The lowest BCUT2D eigenvalue weighted by Crippen LogP contribution is -2.38. The van der Waals surface area contributed by atoms with Crippen molar-refractivity contribution in [2.45, 2.75) is 104 Å². The summed E-state index contributed by atoms with van der Waals surface area (Å²) in [7, 11) is 0. The van der Waals surface area contributed by atoms with Gasteiger partial charge in [-0.3, -0.25) is 0 Å². The van der Waals surface area contributed by atoms with Gasteiger partial charge in [-0.1, -0.05) is 315 Å². The number of aromatic nitrogens is 2. The highest BCUT2D eigenvalue weighted by Gasteiger charge is 2.45. The first-order valence-electron chi connectivity index (χ1n) is 40.4. The van der Waals surface area contributed by atoms with Crippen LogP contribution in [0.15, 0.2) is 357 Å². The number of para-hydroxylation sites is 2. The summed E-state index contributed by atoms with van der Waals surface area (Å²) in [6.45, 7) is 17.7. The molecule has 20 rings (SSSR count). The van der Waals surface area contributed by atoms with E-state index < -0.39 is 0 Å². The zero-order valence-corrected chi connectivity index (χ0v) is 65.1. The third-order valence-electron chi connectivity index (χ3n) is 25.7. The van der Waals surface area contributed by atoms with E-state index in [0.29, 0.717) is 0 Å². The van der Waals surface area contributed by atoms with Gasteiger partial charge in [0.05, 0.1) is 44.8 Å².